The molecule has 0 saturated carbocycles. The first-order valence-electron chi connectivity index (χ1n) is 6.63. The first-order chi connectivity index (χ1) is 9.81. The van der Waals surface area contributed by atoms with Crippen molar-refractivity contribution in [1.82, 2.24) is 0 Å². The second-order valence-electron chi connectivity index (χ2n) is 4.57. The van der Waals surface area contributed by atoms with Crippen LogP contribution in [0.3, 0.4) is 0 Å². The second kappa shape index (κ2) is 7.32. The summed E-state index contributed by atoms with van der Waals surface area (Å²) in [5.74, 6) is 0.806. The van der Waals surface area contributed by atoms with E-state index in [4.69, 9.17) is 15.1 Å². The molecule has 0 amide bonds. The molecule has 0 aromatic heterocycles. The lowest BCUT2D eigenvalue weighted by Crippen LogP contribution is -1.96. The Labute approximate surface area is 119 Å². The fourth-order valence-electron chi connectivity index (χ4n) is 1.93. The smallest absolute Gasteiger partial charge is 0.119 e. The van der Waals surface area contributed by atoms with Crippen LogP contribution in [-0.4, -0.2) is 11.7 Å². The molecule has 0 aliphatic carbocycles. The van der Waals surface area contributed by atoms with Crippen LogP contribution in [0.5, 0.6) is 5.75 Å². The molecule has 0 heterocycles. The highest BCUT2D eigenvalue weighted by Crippen LogP contribution is 2.15. The number of nitriles is 1. The van der Waals surface area contributed by atoms with Gasteiger partial charge in [-0.15, -0.1) is 0 Å². The van der Waals surface area contributed by atoms with Crippen LogP contribution in [0.2, 0.25) is 0 Å². The van der Waals surface area contributed by atoms with Crippen LogP contribution in [0.4, 0.5) is 0 Å². The molecule has 3 nitrogen and oxygen atoms in total. The van der Waals surface area contributed by atoms with E-state index in [0.29, 0.717) is 12.2 Å². The van der Waals surface area contributed by atoms with E-state index in [2.05, 4.69) is 6.07 Å². The summed E-state index contributed by atoms with van der Waals surface area (Å²) in [6.07, 6.45) is 1.65. The van der Waals surface area contributed by atoms with Gasteiger partial charge in [0.05, 0.1) is 11.6 Å². The van der Waals surface area contributed by atoms with Gasteiger partial charge in [-0.1, -0.05) is 24.3 Å². The van der Waals surface area contributed by atoms with Gasteiger partial charge in [0.25, 0.3) is 0 Å². The molecule has 0 bridgehead atoms. The summed E-state index contributed by atoms with van der Waals surface area (Å²) in [7, 11) is 0. The van der Waals surface area contributed by atoms with Crippen LogP contribution in [0.25, 0.3) is 0 Å². The predicted octanol–water partition coefficient (Wildman–Crippen LogP) is 3.06. The minimum Gasteiger partial charge on any atom is -0.489 e. The van der Waals surface area contributed by atoms with E-state index in [1.165, 1.54) is 5.56 Å². The van der Waals surface area contributed by atoms with E-state index in [1.54, 1.807) is 6.07 Å². The summed E-state index contributed by atoms with van der Waals surface area (Å²) in [6.45, 7) is 0.666. The number of benzene rings is 2. The maximum Gasteiger partial charge on any atom is 0.119 e. The minimum atomic E-state index is 0.216. The number of aryl methyl sites for hydroxylation is 1. The molecule has 2 aromatic carbocycles. The van der Waals surface area contributed by atoms with Crippen molar-refractivity contribution in [3.05, 3.63) is 65.2 Å². The number of hydrogen-bond acceptors (Lipinski definition) is 3. The van der Waals surface area contributed by atoms with Gasteiger partial charge in [-0.3, -0.25) is 0 Å². The summed E-state index contributed by atoms with van der Waals surface area (Å²) in [5, 5.41) is 17.6. The quantitative estimate of drug-likeness (QED) is 0.875. The van der Waals surface area contributed by atoms with Crippen molar-refractivity contribution in [2.75, 3.05) is 6.61 Å². The van der Waals surface area contributed by atoms with Crippen molar-refractivity contribution in [2.24, 2.45) is 0 Å². The van der Waals surface area contributed by atoms with Gasteiger partial charge in [0.1, 0.15) is 12.4 Å². The van der Waals surface area contributed by atoms with Crippen molar-refractivity contribution in [3.63, 3.8) is 0 Å². The zero-order valence-corrected chi connectivity index (χ0v) is 11.2. The molecule has 0 fully saturated rings. The van der Waals surface area contributed by atoms with E-state index >= 15 is 0 Å². The zero-order valence-electron chi connectivity index (χ0n) is 11.2. The van der Waals surface area contributed by atoms with Gasteiger partial charge >= 0.3 is 0 Å². The molecule has 0 aliphatic rings. The molecule has 0 aliphatic heterocycles. The van der Waals surface area contributed by atoms with Crippen LogP contribution in [0.15, 0.2) is 48.5 Å². The lowest BCUT2D eigenvalue weighted by atomic mass is 10.1. The van der Waals surface area contributed by atoms with Crippen LogP contribution in [0.1, 0.15) is 23.1 Å². The Morgan fingerprint density at radius 2 is 1.85 bits per heavy atom. The molecular formula is C17H17NO2. The van der Waals surface area contributed by atoms with Crippen molar-refractivity contribution in [2.45, 2.75) is 19.4 Å². The molecule has 0 saturated heterocycles. The van der Waals surface area contributed by atoms with Crippen molar-refractivity contribution in [3.8, 4) is 11.8 Å². The first kappa shape index (κ1) is 14.1. The highest BCUT2D eigenvalue weighted by atomic mass is 16.5. The molecule has 0 spiro atoms. The average Bonchev–Trinajstić information content (AvgIpc) is 2.52. The number of rotatable bonds is 6. The molecule has 1 N–H and O–H groups in total. The SMILES string of the molecule is N#Cc1cccc(COc2ccc(CCCO)cc2)c1. The molecule has 20 heavy (non-hydrogen) atoms. The van der Waals surface area contributed by atoms with Crippen molar-refractivity contribution in [1.29, 1.82) is 5.26 Å². The van der Waals surface area contributed by atoms with Gasteiger partial charge in [0.2, 0.25) is 0 Å². The zero-order chi connectivity index (χ0) is 14.2. The number of aliphatic hydroxyl groups excluding tert-OH is 1. The van der Waals surface area contributed by atoms with E-state index in [9.17, 15) is 0 Å². The van der Waals surface area contributed by atoms with Gasteiger partial charge in [-0.05, 0) is 48.2 Å². The van der Waals surface area contributed by atoms with Gasteiger partial charge in [-0.25, -0.2) is 0 Å². The third-order valence-electron chi connectivity index (χ3n) is 3.01. The number of aliphatic hydroxyl groups is 1. The summed E-state index contributed by atoms with van der Waals surface area (Å²) >= 11 is 0. The predicted molar refractivity (Wildman–Crippen MR) is 77.3 cm³/mol. The summed E-state index contributed by atoms with van der Waals surface area (Å²) in [4.78, 5) is 0. The van der Waals surface area contributed by atoms with Crippen LogP contribution < -0.4 is 4.74 Å². The molecular weight excluding hydrogens is 250 g/mol. The van der Waals surface area contributed by atoms with Crippen LogP contribution >= 0.6 is 0 Å². The number of nitrogens with zero attached hydrogens (tertiary/aromatic N) is 1. The fraction of sp³-hybridized carbons (Fsp3) is 0.235. The topological polar surface area (TPSA) is 53.2 Å². The molecule has 2 rings (SSSR count). The summed E-state index contributed by atoms with van der Waals surface area (Å²) < 4.78 is 5.69. The number of hydrogen-bond donors (Lipinski definition) is 1. The Morgan fingerprint density at radius 1 is 1.05 bits per heavy atom. The Kier molecular flexibility index (Phi) is 5.16. The molecule has 102 valence electrons. The van der Waals surface area contributed by atoms with Crippen molar-refractivity contribution < 1.29 is 9.84 Å². The maximum absolute atomic E-state index is 8.84. The first-order valence-corrected chi connectivity index (χ1v) is 6.63. The highest BCUT2D eigenvalue weighted by Gasteiger charge is 1.99. The van der Waals surface area contributed by atoms with E-state index in [0.717, 1.165) is 24.2 Å². The molecule has 2 aromatic rings. The van der Waals surface area contributed by atoms with E-state index < -0.39 is 0 Å². The average molecular weight is 267 g/mol. The summed E-state index contributed by atoms with van der Waals surface area (Å²) in [6, 6.07) is 17.4. The van der Waals surface area contributed by atoms with Gasteiger partial charge in [0.15, 0.2) is 0 Å². The lowest BCUT2D eigenvalue weighted by Gasteiger charge is -2.07. The molecule has 0 radical (unpaired) electrons. The standard InChI is InChI=1S/C17H17NO2/c18-12-15-3-1-4-16(11-15)13-20-17-8-6-14(7-9-17)5-2-10-19/h1,3-4,6-9,11,19H,2,5,10,13H2. The van der Waals surface area contributed by atoms with E-state index in [-0.39, 0.29) is 6.61 Å². The monoisotopic (exact) mass is 267 g/mol. The third kappa shape index (κ3) is 4.11. The Hall–Kier alpha value is -2.31. The Bertz CT molecular complexity index is 585. The fourth-order valence-corrected chi connectivity index (χ4v) is 1.93. The highest BCUT2D eigenvalue weighted by molar-refractivity contribution is 5.33. The van der Waals surface area contributed by atoms with Gasteiger partial charge < -0.3 is 9.84 Å². The van der Waals surface area contributed by atoms with Crippen LogP contribution in [-0.2, 0) is 13.0 Å². The normalized spacial score (nSPS) is 10.0. The number of ether oxygens (including phenoxy) is 1. The van der Waals surface area contributed by atoms with E-state index in [1.807, 2.05) is 42.5 Å². The Morgan fingerprint density at radius 3 is 2.55 bits per heavy atom. The maximum atomic E-state index is 8.84. The molecule has 0 unspecified atom stereocenters. The second-order valence-corrected chi connectivity index (χ2v) is 4.57. The van der Waals surface area contributed by atoms with Crippen molar-refractivity contribution >= 4 is 0 Å². The summed E-state index contributed by atoms with van der Waals surface area (Å²) in [5.41, 5.74) is 2.82. The minimum absolute atomic E-state index is 0.216. The van der Waals surface area contributed by atoms with Crippen LogP contribution in [0, 0.1) is 11.3 Å². The molecule has 0 atom stereocenters. The molecule has 3 heteroatoms. The van der Waals surface area contributed by atoms with Gasteiger partial charge in [-0.2, -0.15) is 5.26 Å². The lowest BCUT2D eigenvalue weighted by molar-refractivity contribution is 0.288. The Balaban J connectivity index is 1.92. The third-order valence-corrected chi connectivity index (χ3v) is 3.01. The largest absolute Gasteiger partial charge is 0.489 e. The van der Waals surface area contributed by atoms with Gasteiger partial charge in [0, 0.05) is 6.61 Å².